The van der Waals surface area contributed by atoms with Crippen LogP contribution in [0.1, 0.15) is 11.1 Å². The summed E-state index contributed by atoms with van der Waals surface area (Å²) in [5.74, 6) is 0.783. The highest BCUT2D eigenvalue weighted by Gasteiger charge is 2.33. The highest BCUT2D eigenvalue weighted by molar-refractivity contribution is 6.37. The zero-order valence-corrected chi connectivity index (χ0v) is 15.9. The minimum atomic E-state index is -0.00502. The van der Waals surface area contributed by atoms with Crippen LogP contribution in [-0.4, -0.2) is 50.9 Å². The highest BCUT2D eigenvalue weighted by Crippen LogP contribution is 2.39. The lowest BCUT2D eigenvalue weighted by Crippen LogP contribution is -2.45. The fraction of sp³-hybridized carbons (Fsp3) is 0.286. The maximum Gasteiger partial charge on any atom is 0.260 e. The van der Waals surface area contributed by atoms with Gasteiger partial charge in [-0.1, -0.05) is 29.8 Å². The van der Waals surface area contributed by atoms with Crippen LogP contribution in [0.3, 0.4) is 0 Å². The van der Waals surface area contributed by atoms with E-state index in [1.807, 2.05) is 53.4 Å². The van der Waals surface area contributed by atoms with Gasteiger partial charge in [0.1, 0.15) is 5.75 Å². The van der Waals surface area contributed by atoms with E-state index in [0.717, 1.165) is 35.7 Å². The Morgan fingerprint density at radius 3 is 2.59 bits per heavy atom. The first-order chi connectivity index (χ1) is 13.2. The fourth-order valence-electron chi connectivity index (χ4n) is 3.42. The first kappa shape index (κ1) is 18.0. The molecule has 2 aliphatic heterocycles. The second-order valence-corrected chi connectivity index (χ2v) is 7.03. The van der Waals surface area contributed by atoms with E-state index in [-0.39, 0.29) is 5.91 Å². The number of anilines is 1. The zero-order chi connectivity index (χ0) is 18.8. The largest absolute Gasteiger partial charge is 0.497 e. The lowest BCUT2D eigenvalue weighted by atomic mass is 10.0. The van der Waals surface area contributed by atoms with Crippen LogP contribution < -0.4 is 9.64 Å². The first-order valence-corrected chi connectivity index (χ1v) is 9.31. The van der Waals surface area contributed by atoms with Crippen molar-refractivity contribution in [1.82, 2.24) is 4.90 Å². The molecule has 0 aromatic heterocycles. The number of carbonyl (C=O) groups excluding carboxylic acids is 1. The molecular formula is C21H21ClN2O3. The number of hydrogen-bond donors (Lipinski definition) is 0. The van der Waals surface area contributed by atoms with Crippen molar-refractivity contribution < 1.29 is 14.3 Å². The molecule has 1 amide bonds. The summed E-state index contributed by atoms with van der Waals surface area (Å²) in [6.07, 6.45) is 1.92. The number of halogens is 1. The maximum absolute atomic E-state index is 13.2. The molecule has 0 bridgehead atoms. The SMILES string of the molecule is COc1ccc(/C=C2\C(=O)N(CN3CCOCC3)c3cc(Cl)ccc32)cc1. The summed E-state index contributed by atoms with van der Waals surface area (Å²) in [6.45, 7) is 3.56. The highest BCUT2D eigenvalue weighted by atomic mass is 35.5. The van der Waals surface area contributed by atoms with Gasteiger partial charge in [-0.2, -0.15) is 0 Å². The predicted octanol–water partition coefficient (Wildman–Crippen LogP) is 3.53. The Morgan fingerprint density at radius 2 is 1.89 bits per heavy atom. The van der Waals surface area contributed by atoms with Crippen LogP contribution in [0.4, 0.5) is 5.69 Å². The van der Waals surface area contributed by atoms with Crippen LogP contribution in [-0.2, 0) is 9.53 Å². The van der Waals surface area contributed by atoms with Gasteiger partial charge < -0.3 is 9.47 Å². The number of rotatable bonds is 4. The first-order valence-electron chi connectivity index (χ1n) is 8.93. The Morgan fingerprint density at radius 1 is 1.15 bits per heavy atom. The van der Waals surface area contributed by atoms with Crippen molar-refractivity contribution >= 4 is 34.8 Å². The number of fused-ring (bicyclic) bond motifs is 1. The molecule has 140 valence electrons. The van der Waals surface area contributed by atoms with Crippen LogP contribution >= 0.6 is 11.6 Å². The summed E-state index contributed by atoms with van der Waals surface area (Å²) < 4.78 is 10.6. The van der Waals surface area contributed by atoms with Crippen molar-refractivity contribution in [2.24, 2.45) is 0 Å². The second kappa shape index (κ2) is 7.72. The number of amides is 1. The van der Waals surface area contributed by atoms with E-state index in [4.69, 9.17) is 21.1 Å². The fourth-order valence-corrected chi connectivity index (χ4v) is 3.58. The van der Waals surface area contributed by atoms with E-state index in [0.29, 0.717) is 30.5 Å². The molecule has 0 aliphatic carbocycles. The Balaban J connectivity index is 1.68. The van der Waals surface area contributed by atoms with Gasteiger partial charge in [0.05, 0.1) is 32.7 Å². The Kier molecular flexibility index (Phi) is 5.16. The standard InChI is InChI=1S/C21H21ClN2O3/c1-26-17-5-2-15(3-6-17)12-19-18-7-4-16(22)13-20(18)24(21(19)25)14-23-8-10-27-11-9-23/h2-7,12-13H,8-11,14H2,1H3/b19-12-. The normalized spacial score (nSPS) is 18.8. The summed E-state index contributed by atoms with van der Waals surface area (Å²) in [5, 5.41) is 0.624. The van der Waals surface area contributed by atoms with Crippen LogP contribution in [0.25, 0.3) is 11.6 Å². The van der Waals surface area contributed by atoms with E-state index in [1.54, 1.807) is 7.11 Å². The maximum atomic E-state index is 13.2. The Bertz CT molecular complexity index is 873. The molecular weight excluding hydrogens is 364 g/mol. The summed E-state index contributed by atoms with van der Waals surface area (Å²) in [7, 11) is 1.64. The summed E-state index contributed by atoms with van der Waals surface area (Å²) in [4.78, 5) is 17.2. The predicted molar refractivity (Wildman–Crippen MR) is 107 cm³/mol. The lowest BCUT2D eigenvalue weighted by molar-refractivity contribution is -0.113. The zero-order valence-electron chi connectivity index (χ0n) is 15.2. The molecule has 0 spiro atoms. The topological polar surface area (TPSA) is 42.0 Å². The minimum Gasteiger partial charge on any atom is -0.497 e. The number of benzene rings is 2. The molecule has 0 saturated carbocycles. The second-order valence-electron chi connectivity index (χ2n) is 6.60. The molecule has 5 nitrogen and oxygen atoms in total. The third-order valence-corrected chi connectivity index (χ3v) is 5.12. The number of hydrogen-bond acceptors (Lipinski definition) is 4. The molecule has 0 N–H and O–H groups in total. The van der Waals surface area contributed by atoms with Crippen LogP contribution in [0.5, 0.6) is 5.75 Å². The van der Waals surface area contributed by atoms with Gasteiger partial charge in [-0.05, 0) is 35.9 Å². The Labute approximate surface area is 163 Å². The van der Waals surface area contributed by atoms with Crippen molar-refractivity contribution in [2.75, 3.05) is 45.0 Å². The van der Waals surface area contributed by atoms with E-state index in [1.165, 1.54) is 0 Å². The summed E-state index contributed by atoms with van der Waals surface area (Å²) in [5.41, 5.74) is 3.40. The van der Waals surface area contributed by atoms with Crippen LogP contribution in [0, 0.1) is 0 Å². The molecule has 6 heteroatoms. The smallest absolute Gasteiger partial charge is 0.260 e. The number of nitrogens with zero attached hydrogens (tertiary/aromatic N) is 2. The summed E-state index contributed by atoms with van der Waals surface area (Å²) in [6, 6.07) is 13.3. The van der Waals surface area contributed by atoms with Gasteiger partial charge in [-0.15, -0.1) is 0 Å². The van der Waals surface area contributed by atoms with Gasteiger partial charge in [0.2, 0.25) is 0 Å². The molecule has 2 aromatic carbocycles. The van der Waals surface area contributed by atoms with E-state index < -0.39 is 0 Å². The molecule has 2 heterocycles. The molecule has 0 radical (unpaired) electrons. The van der Waals surface area contributed by atoms with E-state index in [9.17, 15) is 4.79 Å². The van der Waals surface area contributed by atoms with Gasteiger partial charge in [-0.25, -0.2) is 0 Å². The molecule has 4 rings (SSSR count). The minimum absolute atomic E-state index is 0.00502. The Hall–Kier alpha value is -2.34. The van der Waals surface area contributed by atoms with Crippen LogP contribution in [0.15, 0.2) is 42.5 Å². The average molecular weight is 385 g/mol. The van der Waals surface area contributed by atoms with Gasteiger partial charge >= 0.3 is 0 Å². The van der Waals surface area contributed by atoms with E-state index >= 15 is 0 Å². The van der Waals surface area contributed by atoms with Crippen molar-refractivity contribution in [3.63, 3.8) is 0 Å². The van der Waals surface area contributed by atoms with E-state index in [2.05, 4.69) is 4.90 Å². The van der Waals surface area contributed by atoms with Crippen molar-refractivity contribution in [3.8, 4) is 5.75 Å². The number of methoxy groups -OCH3 is 1. The third-order valence-electron chi connectivity index (χ3n) is 4.89. The van der Waals surface area contributed by atoms with Crippen molar-refractivity contribution in [2.45, 2.75) is 0 Å². The van der Waals surface area contributed by atoms with Gasteiger partial charge in [0.15, 0.2) is 0 Å². The van der Waals surface area contributed by atoms with Crippen molar-refractivity contribution in [3.05, 3.63) is 58.6 Å². The number of morpholine rings is 1. The molecule has 2 aliphatic rings. The molecule has 2 aromatic rings. The summed E-state index contributed by atoms with van der Waals surface area (Å²) >= 11 is 6.22. The third kappa shape index (κ3) is 3.72. The quantitative estimate of drug-likeness (QED) is 0.756. The van der Waals surface area contributed by atoms with Crippen LogP contribution in [0.2, 0.25) is 5.02 Å². The number of ether oxygens (including phenoxy) is 2. The monoisotopic (exact) mass is 384 g/mol. The molecule has 27 heavy (non-hydrogen) atoms. The molecule has 0 unspecified atom stereocenters. The molecule has 1 saturated heterocycles. The van der Waals surface area contributed by atoms with Crippen molar-refractivity contribution in [1.29, 1.82) is 0 Å². The van der Waals surface area contributed by atoms with Gasteiger partial charge in [-0.3, -0.25) is 14.6 Å². The lowest BCUT2D eigenvalue weighted by Gasteiger charge is -2.30. The average Bonchev–Trinajstić information content (AvgIpc) is 2.94. The number of carbonyl (C=O) groups is 1. The molecule has 0 atom stereocenters. The van der Waals surface area contributed by atoms with Gasteiger partial charge in [0.25, 0.3) is 5.91 Å². The molecule has 1 fully saturated rings. The van der Waals surface area contributed by atoms with Gasteiger partial charge in [0, 0.05) is 29.2 Å².